The zero-order valence-electron chi connectivity index (χ0n) is 10.3. The van der Waals surface area contributed by atoms with Crippen LogP contribution in [0.2, 0.25) is 0 Å². The van der Waals surface area contributed by atoms with Gasteiger partial charge in [0.15, 0.2) is 0 Å². The van der Waals surface area contributed by atoms with E-state index in [9.17, 15) is 4.79 Å². The average molecular weight is 225 g/mol. The van der Waals surface area contributed by atoms with Gasteiger partial charge in [-0.3, -0.25) is 4.79 Å². The minimum absolute atomic E-state index is 0.0286. The maximum Gasteiger partial charge on any atom is 0.311 e. The molecule has 92 valence electrons. The largest absolute Gasteiger partial charge is 0.465 e. The van der Waals surface area contributed by atoms with Gasteiger partial charge in [0.05, 0.1) is 12.0 Å². The summed E-state index contributed by atoms with van der Waals surface area (Å²) >= 11 is 0. The molecule has 2 fully saturated rings. The molecule has 16 heavy (non-hydrogen) atoms. The van der Waals surface area contributed by atoms with Crippen molar-refractivity contribution in [1.82, 2.24) is 5.32 Å². The molecule has 0 spiro atoms. The Hall–Kier alpha value is -0.570. The fraction of sp³-hybridized carbons (Fsp3) is 0.923. The number of rotatable bonds is 3. The summed E-state index contributed by atoms with van der Waals surface area (Å²) in [7, 11) is 0. The van der Waals surface area contributed by atoms with E-state index < -0.39 is 0 Å². The monoisotopic (exact) mass is 225 g/mol. The highest BCUT2D eigenvalue weighted by atomic mass is 16.5. The van der Waals surface area contributed by atoms with Gasteiger partial charge in [-0.25, -0.2) is 0 Å². The average Bonchev–Trinajstić information content (AvgIpc) is 2.79. The standard InChI is InChI=1S/C13H23NO2/c1-13(6-8-14-9-7-13)12(15)16-10-11-4-2-3-5-11/h11,14H,2-10H2,1H3. The lowest BCUT2D eigenvalue weighted by Gasteiger charge is -2.31. The molecule has 1 N–H and O–H groups in total. The first-order chi connectivity index (χ1) is 7.71. The van der Waals surface area contributed by atoms with Crippen LogP contribution in [-0.2, 0) is 9.53 Å². The van der Waals surface area contributed by atoms with Crippen LogP contribution in [-0.4, -0.2) is 25.7 Å². The molecule has 0 radical (unpaired) electrons. The lowest BCUT2D eigenvalue weighted by molar-refractivity contribution is -0.157. The molecule has 3 heteroatoms. The molecule has 1 aliphatic carbocycles. The van der Waals surface area contributed by atoms with Crippen LogP contribution in [0.25, 0.3) is 0 Å². The Kier molecular flexibility index (Phi) is 3.85. The zero-order chi connectivity index (χ0) is 11.4. The van der Waals surface area contributed by atoms with Crippen molar-refractivity contribution < 1.29 is 9.53 Å². The van der Waals surface area contributed by atoms with Gasteiger partial charge in [0.1, 0.15) is 0 Å². The van der Waals surface area contributed by atoms with Crippen molar-refractivity contribution in [3.05, 3.63) is 0 Å². The fourth-order valence-electron chi connectivity index (χ4n) is 2.73. The van der Waals surface area contributed by atoms with Gasteiger partial charge in [-0.2, -0.15) is 0 Å². The maximum atomic E-state index is 12.0. The van der Waals surface area contributed by atoms with Gasteiger partial charge in [-0.15, -0.1) is 0 Å². The summed E-state index contributed by atoms with van der Waals surface area (Å²) in [6.45, 7) is 4.58. The Labute approximate surface area is 97.9 Å². The van der Waals surface area contributed by atoms with E-state index in [1.165, 1.54) is 25.7 Å². The molecule has 1 heterocycles. The Balaban J connectivity index is 1.77. The smallest absolute Gasteiger partial charge is 0.311 e. The molecule has 0 bridgehead atoms. The number of hydrogen-bond acceptors (Lipinski definition) is 3. The molecule has 1 saturated heterocycles. The number of ether oxygens (including phenoxy) is 1. The lowest BCUT2D eigenvalue weighted by Crippen LogP contribution is -2.41. The van der Waals surface area contributed by atoms with Gasteiger partial charge in [0, 0.05) is 0 Å². The number of carbonyl (C=O) groups is 1. The minimum Gasteiger partial charge on any atom is -0.465 e. The Morgan fingerprint density at radius 2 is 1.94 bits per heavy atom. The topological polar surface area (TPSA) is 38.3 Å². The van der Waals surface area contributed by atoms with Crippen LogP contribution in [0.1, 0.15) is 45.4 Å². The molecule has 0 atom stereocenters. The van der Waals surface area contributed by atoms with Crippen LogP contribution in [0.5, 0.6) is 0 Å². The molecule has 0 aromatic heterocycles. The molecular formula is C13H23NO2. The van der Waals surface area contributed by atoms with Crippen molar-refractivity contribution in [3.8, 4) is 0 Å². The van der Waals surface area contributed by atoms with Gasteiger partial charge in [-0.05, 0) is 51.6 Å². The normalized spacial score (nSPS) is 25.6. The van der Waals surface area contributed by atoms with Crippen molar-refractivity contribution in [2.45, 2.75) is 45.4 Å². The van der Waals surface area contributed by atoms with E-state index in [-0.39, 0.29) is 11.4 Å². The highest BCUT2D eigenvalue weighted by molar-refractivity contribution is 5.76. The molecule has 1 saturated carbocycles. The van der Waals surface area contributed by atoms with E-state index in [0.29, 0.717) is 12.5 Å². The summed E-state index contributed by atoms with van der Waals surface area (Å²) in [5, 5.41) is 3.28. The lowest BCUT2D eigenvalue weighted by atomic mass is 9.81. The van der Waals surface area contributed by atoms with E-state index in [2.05, 4.69) is 5.32 Å². The van der Waals surface area contributed by atoms with E-state index in [1.807, 2.05) is 6.92 Å². The summed E-state index contributed by atoms with van der Waals surface area (Å²) in [5.41, 5.74) is -0.232. The first-order valence-corrected chi connectivity index (χ1v) is 6.59. The van der Waals surface area contributed by atoms with Crippen LogP contribution in [0.15, 0.2) is 0 Å². The number of hydrogen-bond donors (Lipinski definition) is 1. The third-order valence-corrected chi connectivity index (χ3v) is 4.12. The molecule has 0 amide bonds. The second kappa shape index (κ2) is 5.17. The fourth-order valence-corrected chi connectivity index (χ4v) is 2.73. The molecule has 0 aromatic carbocycles. The third-order valence-electron chi connectivity index (χ3n) is 4.12. The van der Waals surface area contributed by atoms with Crippen molar-refractivity contribution >= 4 is 5.97 Å². The summed E-state index contributed by atoms with van der Waals surface area (Å²) < 4.78 is 5.50. The molecule has 3 nitrogen and oxygen atoms in total. The highest BCUT2D eigenvalue weighted by Gasteiger charge is 2.36. The van der Waals surface area contributed by atoms with Gasteiger partial charge < -0.3 is 10.1 Å². The number of esters is 1. The van der Waals surface area contributed by atoms with E-state index in [0.717, 1.165) is 25.9 Å². The summed E-state index contributed by atoms with van der Waals surface area (Å²) in [6, 6.07) is 0. The summed E-state index contributed by atoms with van der Waals surface area (Å²) in [6.07, 6.45) is 6.93. The van der Waals surface area contributed by atoms with Gasteiger partial charge in [0.2, 0.25) is 0 Å². The van der Waals surface area contributed by atoms with Crippen molar-refractivity contribution in [2.75, 3.05) is 19.7 Å². The van der Waals surface area contributed by atoms with Crippen molar-refractivity contribution in [1.29, 1.82) is 0 Å². The van der Waals surface area contributed by atoms with Gasteiger partial charge in [-0.1, -0.05) is 12.8 Å². The molecule has 1 aliphatic heterocycles. The van der Waals surface area contributed by atoms with E-state index in [4.69, 9.17) is 4.74 Å². The second-order valence-electron chi connectivity index (χ2n) is 5.56. The van der Waals surface area contributed by atoms with Crippen LogP contribution in [0.3, 0.4) is 0 Å². The van der Waals surface area contributed by atoms with Crippen molar-refractivity contribution in [3.63, 3.8) is 0 Å². The number of carbonyl (C=O) groups excluding carboxylic acids is 1. The second-order valence-corrected chi connectivity index (χ2v) is 5.56. The van der Waals surface area contributed by atoms with Crippen LogP contribution >= 0.6 is 0 Å². The third kappa shape index (κ3) is 2.76. The first kappa shape index (κ1) is 11.9. The Bertz CT molecular complexity index is 240. The molecule has 0 aromatic rings. The van der Waals surface area contributed by atoms with Gasteiger partial charge >= 0.3 is 5.97 Å². The van der Waals surface area contributed by atoms with Crippen molar-refractivity contribution in [2.24, 2.45) is 11.3 Å². The molecule has 2 aliphatic rings. The minimum atomic E-state index is -0.232. The van der Waals surface area contributed by atoms with Gasteiger partial charge in [0.25, 0.3) is 0 Å². The van der Waals surface area contributed by atoms with E-state index in [1.54, 1.807) is 0 Å². The quantitative estimate of drug-likeness (QED) is 0.748. The molecular weight excluding hydrogens is 202 g/mol. The van der Waals surface area contributed by atoms with Crippen LogP contribution < -0.4 is 5.32 Å². The zero-order valence-corrected chi connectivity index (χ0v) is 10.3. The van der Waals surface area contributed by atoms with Crippen LogP contribution in [0.4, 0.5) is 0 Å². The predicted octanol–water partition coefficient (Wildman–Crippen LogP) is 2.11. The van der Waals surface area contributed by atoms with Crippen LogP contribution in [0, 0.1) is 11.3 Å². The summed E-state index contributed by atoms with van der Waals surface area (Å²) in [5.74, 6) is 0.662. The summed E-state index contributed by atoms with van der Waals surface area (Å²) in [4.78, 5) is 12.0. The Morgan fingerprint density at radius 3 is 2.56 bits per heavy atom. The highest BCUT2D eigenvalue weighted by Crippen LogP contribution is 2.31. The first-order valence-electron chi connectivity index (χ1n) is 6.59. The number of nitrogens with one attached hydrogen (secondary N) is 1. The molecule has 2 rings (SSSR count). The van der Waals surface area contributed by atoms with E-state index >= 15 is 0 Å². The molecule has 0 unspecified atom stereocenters. The predicted molar refractivity (Wildman–Crippen MR) is 63.1 cm³/mol. The number of piperidine rings is 1. The maximum absolute atomic E-state index is 12.0. The Morgan fingerprint density at radius 1 is 1.31 bits per heavy atom. The SMILES string of the molecule is CC1(C(=O)OCC2CCCC2)CCNCC1.